The van der Waals surface area contributed by atoms with E-state index < -0.39 is 57.9 Å². The lowest BCUT2D eigenvalue weighted by molar-refractivity contribution is -0.130. The summed E-state index contributed by atoms with van der Waals surface area (Å²) >= 11 is 0. The zero-order chi connectivity index (χ0) is 32.5. The smallest absolute Gasteiger partial charge is 0.281 e. The number of aromatic hydroxyl groups is 1. The first-order valence-electron chi connectivity index (χ1n) is 14.4. The van der Waals surface area contributed by atoms with Gasteiger partial charge in [0.05, 0.1) is 40.3 Å². The normalized spacial score (nSPS) is 17.7. The Morgan fingerprint density at radius 1 is 1.11 bits per heavy atom. The molecule has 232 valence electrons. The Balaban J connectivity index is 1.77. The number of hydrogen-bond acceptors (Lipinski definition) is 6. The van der Waals surface area contributed by atoms with Gasteiger partial charge in [-0.3, -0.25) is 23.9 Å². The molecule has 0 radical (unpaired) electrons. The summed E-state index contributed by atoms with van der Waals surface area (Å²) in [6.07, 6.45) is 2.69. The molecule has 0 bridgehead atoms. The summed E-state index contributed by atoms with van der Waals surface area (Å²) < 4.78 is 49.3. The number of rotatable bonds is 4. The lowest BCUT2D eigenvalue weighted by Gasteiger charge is -2.48. The number of halogens is 3. The Morgan fingerprint density at radius 3 is 2.51 bits per heavy atom. The molecule has 1 fully saturated rings. The molecule has 2 amide bonds. The third-order valence-corrected chi connectivity index (χ3v) is 8.53. The average Bonchev–Trinajstić information content (AvgIpc) is 2.98. The van der Waals surface area contributed by atoms with Gasteiger partial charge in [-0.2, -0.15) is 0 Å². The zero-order valence-electron chi connectivity index (χ0n) is 25.0. The number of aryl methyl sites for hydroxylation is 1. The fourth-order valence-electron chi connectivity index (χ4n) is 6.43. The van der Waals surface area contributed by atoms with E-state index in [-0.39, 0.29) is 52.9 Å². The van der Waals surface area contributed by atoms with Crippen LogP contribution in [0.4, 0.5) is 24.5 Å². The molecule has 1 saturated heterocycles. The second-order valence-corrected chi connectivity index (χ2v) is 11.7. The molecule has 2 aliphatic heterocycles. The number of carbonyl (C=O) groups is 2. The number of piperazine rings is 1. The second kappa shape index (κ2) is 10.8. The number of phenolic OH excluding ortho intramolecular Hbond substituents is 1. The van der Waals surface area contributed by atoms with E-state index >= 15 is 13.2 Å². The number of amides is 2. The first-order chi connectivity index (χ1) is 21.4. The maximum absolute atomic E-state index is 17.1. The van der Waals surface area contributed by atoms with E-state index in [0.29, 0.717) is 11.3 Å². The third kappa shape index (κ3) is 4.46. The number of nitrogens with one attached hydrogen (secondary N) is 1. The van der Waals surface area contributed by atoms with Crippen LogP contribution in [-0.4, -0.2) is 56.5 Å². The van der Waals surface area contributed by atoms with Gasteiger partial charge >= 0.3 is 0 Å². The van der Waals surface area contributed by atoms with Crippen molar-refractivity contribution in [3.63, 3.8) is 0 Å². The van der Waals surface area contributed by atoms with Gasteiger partial charge in [0.2, 0.25) is 11.8 Å². The fraction of sp³-hybridized carbons (Fsp3) is 0.273. The monoisotopic (exact) mass is 617 g/mol. The van der Waals surface area contributed by atoms with Gasteiger partial charge in [0.25, 0.3) is 5.56 Å². The molecule has 2 aliphatic rings. The minimum atomic E-state index is -1.29. The van der Waals surface area contributed by atoms with Crippen LogP contribution in [0.3, 0.4) is 0 Å². The van der Waals surface area contributed by atoms with Crippen molar-refractivity contribution in [3.05, 3.63) is 88.2 Å². The summed E-state index contributed by atoms with van der Waals surface area (Å²) in [5.41, 5.74) is -1.67. The summed E-state index contributed by atoms with van der Waals surface area (Å²) in [7, 11) is 0. The standard InChI is InChI=1S/C33H30F3N5O4/c1-6-23(43)39-14-21-32(44)38-28-31(40(21)13-17(39)5)18-12-20(35)25(24-19(34)8-7-9-22(24)42)26(36)30(18)41(33(28)45)29-16(4)10-11-37-27(29)15(2)3/h6-12,15,17,21,42H,1,13-14H2,2-5H3,(H,38,44)/t17-,21-/m1/s1. The van der Waals surface area contributed by atoms with Crippen LogP contribution in [-0.2, 0) is 9.59 Å². The largest absolute Gasteiger partial charge is 0.507 e. The molecule has 6 rings (SSSR count). The van der Waals surface area contributed by atoms with Crippen molar-refractivity contribution in [2.75, 3.05) is 23.3 Å². The van der Waals surface area contributed by atoms with E-state index in [1.54, 1.807) is 31.0 Å². The molecular weight excluding hydrogens is 587 g/mol. The molecule has 2 aromatic carbocycles. The van der Waals surface area contributed by atoms with Crippen LogP contribution in [0.1, 0.15) is 37.9 Å². The molecule has 2 aromatic heterocycles. The molecule has 12 heteroatoms. The number of nitrogens with zero attached hydrogens (tertiary/aromatic N) is 4. The zero-order valence-corrected chi connectivity index (χ0v) is 25.0. The van der Waals surface area contributed by atoms with E-state index in [2.05, 4.69) is 16.9 Å². The SMILES string of the molecule is C=CC(=O)N1C[C@@H]2C(=O)Nc3c(c4cc(F)c(-c5c(O)cccc5F)c(F)c4n(-c4c(C)ccnc4C(C)C)c3=O)N2C[C@H]1C. The van der Waals surface area contributed by atoms with Crippen molar-refractivity contribution >= 4 is 34.1 Å². The molecule has 0 spiro atoms. The lowest BCUT2D eigenvalue weighted by Crippen LogP contribution is -2.64. The minimum Gasteiger partial charge on any atom is -0.507 e. The summed E-state index contributed by atoms with van der Waals surface area (Å²) in [5.74, 6) is -5.44. The third-order valence-electron chi connectivity index (χ3n) is 8.53. The van der Waals surface area contributed by atoms with Crippen LogP contribution in [0.15, 0.2) is 54.0 Å². The van der Waals surface area contributed by atoms with Gasteiger partial charge in [-0.1, -0.05) is 26.5 Å². The van der Waals surface area contributed by atoms with Crippen LogP contribution in [0.25, 0.3) is 27.7 Å². The van der Waals surface area contributed by atoms with Crippen molar-refractivity contribution in [2.24, 2.45) is 0 Å². The van der Waals surface area contributed by atoms with E-state index in [0.717, 1.165) is 28.8 Å². The van der Waals surface area contributed by atoms with Crippen molar-refractivity contribution in [1.82, 2.24) is 14.5 Å². The first-order valence-corrected chi connectivity index (χ1v) is 14.4. The molecule has 45 heavy (non-hydrogen) atoms. The summed E-state index contributed by atoms with van der Waals surface area (Å²) in [4.78, 5) is 48.1. The van der Waals surface area contributed by atoms with Crippen LogP contribution in [0.2, 0.25) is 0 Å². The Labute approximate surface area is 256 Å². The molecule has 0 saturated carbocycles. The summed E-state index contributed by atoms with van der Waals surface area (Å²) in [5, 5.41) is 13.1. The number of anilines is 2. The number of aromatic nitrogens is 2. The fourth-order valence-corrected chi connectivity index (χ4v) is 6.43. The van der Waals surface area contributed by atoms with E-state index in [1.807, 2.05) is 13.8 Å². The maximum Gasteiger partial charge on any atom is 0.281 e. The van der Waals surface area contributed by atoms with Crippen molar-refractivity contribution in [3.8, 4) is 22.6 Å². The van der Waals surface area contributed by atoms with Gasteiger partial charge in [0, 0.05) is 24.2 Å². The number of benzene rings is 2. The number of hydrogen-bond donors (Lipinski definition) is 2. The van der Waals surface area contributed by atoms with E-state index in [9.17, 15) is 19.5 Å². The average molecular weight is 618 g/mol. The Kier molecular flexibility index (Phi) is 7.18. The van der Waals surface area contributed by atoms with E-state index in [4.69, 9.17) is 0 Å². The lowest BCUT2D eigenvalue weighted by atomic mass is 9.95. The summed E-state index contributed by atoms with van der Waals surface area (Å²) in [6, 6.07) is 4.45. The van der Waals surface area contributed by atoms with Crippen molar-refractivity contribution in [1.29, 1.82) is 0 Å². The Morgan fingerprint density at radius 2 is 1.84 bits per heavy atom. The highest BCUT2D eigenvalue weighted by molar-refractivity contribution is 6.12. The highest BCUT2D eigenvalue weighted by atomic mass is 19.1. The molecule has 0 aliphatic carbocycles. The second-order valence-electron chi connectivity index (χ2n) is 11.7. The quantitative estimate of drug-likeness (QED) is 0.307. The highest BCUT2D eigenvalue weighted by Gasteiger charge is 2.44. The van der Waals surface area contributed by atoms with Crippen molar-refractivity contribution in [2.45, 2.75) is 45.7 Å². The van der Waals surface area contributed by atoms with Crippen LogP contribution in [0, 0.1) is 24.4 Å². The molecular formula is C33H30F3N5O4. The van der Waals surface area contributed by atoms with Gasteiger partial charge in [0.15, 0.2) is 5.82 Å². The highest BCUT2D eigenvalue weighted by Crippen LogP contribution is 2.45. The molecule has 2 atom stereocenters. The molecule has 4 aromatic rings. The number of fused-ring (bicyclic) bond motifs is 5. The number of phenols is 1. The predicted molar refractivity (Wildman–Crippen MR) is 164 cm³/mol. The van der Waals surface area contributed by atoms with Gasteiger partial charge in [-0.05, 0) is 55.7 Å². The molecule has 0 unspecified atom stereocenters. The van der Waals surface area contributed by atoms with Gasteiger partial charge in [-0.15, -0.1) is 0 Å². The Bertz CT molecular complexity index is 1990. The molecule has 4 heterocycles. The van der Waals surface area contributed by atoms with Crippen LogP contribution in [0.5, 0.6) is 5.75 Å². The van der Waals surface area contributed by atoms with Crippen LogP contribution >= 0.6 is 0 Å². The van der Waals surface area contributed by atoms with Gasteiger partial charge < -0.3 is 20.2 Å². The van der Waals surface area contributed by atoms with Crippen molar-refractivity contribution < 1.29 is 27.9 Å². The first kappa shape index (κ1) is 29.9. The van der Waals surface area contributed by atoms with Crippen LogP contribution < -0.4 is 15.8 Å². The molecule has 9 nitrogen and oxygen atoms in total. The topological polar surface area (TPSA) is 108 Å². The maximum atomic E-state index is 17.1. The minimum absolute atomic E-state index is 0.0610. The Hall–Kier alpha value is -5.13. The number of carbonyl (C=O) groups excluding carboxylic acids is 2. The van der Waals surface area contributed by atoms with E-state index in [1.165, 1.54) is 11.0 Å². The predicted octanol–water partition coefficient (Wildman–Crippen LogP) is 5.15. The van der Waals surface area contributed by atoms with Gasteiger partial charge in [0.1, 0.15) is 29.1 Å². The van der Waals surface area contributed by atoms with Gasteiger partial charge in [-0.25, -0.2) is 13.2 Å². The number of pyridine rings is 2. The summed E-state index contributed by atoms with van der Waals surface area (Å²) in [6.45, 7) is 10.7. The molecule has 2 N–H and O–H groups in total.